The number of nitrogens with zero attached hydrogens (tertiary/aromatic N) is 2. The predicted octanol–water partition coefficient (Wildman–Crippen LogP) is 2.94. The fourth-order valence-electron chi connectivity index (χ4n) is 3.61. The Morgan fingerprint density at radius 2 is 1.58 bits per heavy atom. The summed E-state index contributed by atoms with van der Waals surface area (Å²) in [6, 6.07) is 21.3. The molecule has 0 bridgehead atoms. The lowest BCUT2D eigenvalue weighted by Gasteiger charge is -2.11. The summed E-state index contributed by atoms with van der Waals surface area (Å²) in [5.74, 6) is -0.113. The Kier molecular flexibility index (Phi) is 7.40. The standard InChI is InChI=1S/C27H24N4O5/c1-35-22-14-12-18(16-23(22)36-2)13-15-24(32)28-29-26(33)25-20-10-6-7-11-21(20)27(34)31(30-25)17-19-8-4-3-5-9-19/h3-16H,17H2,1-2H3,(H,28,32)(H,29,33)/b15-13+. The second kappa shape index (κ2) is 11.0. The zero-order valence-corrected chi connectivity index (χ0v) is 19.7. The smallest absolute Gasteiger partial charge is 0.290 e. The monoisotopic (exact) mass is 484 g/mol. The van der Waals surface area contributed by atoms with E-state index in [-0.39, 0.29) is 17.8 Å². The van der Waals surface area contributed by atoms with Crippen LogP contribution in [0.15, 0.2) is 83.7 Å². The lowest BCUT2D eigenvalue weighted by molar-refractivity contribution is -0.117. The molecule has 0 aliphatic carbocycles. The van der Waals surface area contributed by atoms with Gasteiger partial charge in [0.2, 0.25) is 0 Å². The van der Waals surface area contributed by atoms with Gasteiger partial charge < -0.3 is 9.47 Å². The van der Waals surface area contributed by atoms with E-state index in [2.05, 4.69) is 16.0 Å². The van der Waals surface area contributed by atoms with Gasteiger partial charge in [0.05, 0.1) is 26.2 Å². The first kappa shape index (κ1) is 24.2. The van der Waals surface area contributed by atoms with Crippen LogP contribution in [-0.4, -0.2) is 35.8 Å². The molecular formula is C27H24N4O5. The summed E-state index contributed by atoms with van der Waals surface area (Å²) >= 11 is 0. The quantitative estimate of drug-likeness (QED) is 0.308. The van der Waals surface area contributed by atoms with E-state index < -0.39 is 11.8 Å². The normalized spacial score (nSPS) is 10.8. The van der Waals surface area contributed by atoms with Crippen LogP contribution in [0.4, 0.5) is 0 Å². The maximum Gasteiger partial charge on any atom is 0.290 e. The molecule has 3 aromatic carbocycles. The molecule has 0 saturated heterocycles. The zero-order chi connectivity index (χ0) is 25.5. The molecule has 36 heavy (non-hydrogen) atoms. The summed E-state index contributed by atoms with van der Waals surface area (Å²) in [6.07, 6.45) is 2.83. The number of amides is 2. The minimum atomic E-state index is -0.652. The van der Waals surface area contributed by atoms with Crippen LogP contribution < -0.4 is 25.9 Å². The van der Waals surface area contributed by atoms with E-state index in [1.807, 2.05) is 30.3 Å². The Bertz CT molecular complexity index is 1500. The molecule has 1 heterocycles. The summed E-state index contributed by atoms with van der Waals surface area (Å²) in [4.78, 5) is 38.2. The average molecular weight is 485 g/mol. The number of hydrogen-bond donors (Lipinski definition) is 2. The minimum absolute atomic E-state index is 0.0188. The van der Waals surface area contributed by atoms with E-state index in [1.165, 1.54) is 25.0 Å². The zero-order valence-electron chi connectivity index (χ0n) is 19.7. The third-order valence-corrected chi connectivity index (χ3v) is 5.39. The number of aromatic nitrogens is 2. The van der Waals surface area contributed by atoms with Gasteiger partial charge >= 0.3 is 0 Å². The van der Waals surface area contributed by atoms with Crippen LogP contribution in [0.2, 0.25) is 0 Å². The van der Waals surface area contributed by atoms with Crippen molar-refractivity contribution >= 4 is 28.7 Å². The first-order chi connectivity index (χ1) is 17.5. The number of ether oxygens (including phenoxy) is 2. The van der Waals surface area contributed by atoms with Crippen LogP contribution in [0.3, 0.4) is 0 Å². The van der Waals surface area contributed by atoms with Crippen molar-refractivity contribution in [2.75, 3.05) is 14.2 Å². The van der Waals surface area contributed by atoms with Gasteiger partial charge in [-0.15, -0.1) is 0 Å². The molecule has 0 atom stereocenters. The van der Waals surface area contributed by atoms with Gasteiger partial charge in [-0.25, -0.2) is 4.68 Å². The first-order valence-corrected chi connectivity index (χ1v) is 11.0. The molecule has 0 radical (unpaired) electrons. The van der Waals surface area contributed by atoms with Gasteiger partial charge in [0.15, 0.2) is 17.2 Å². The Balaban J connectivity index is 1.51. The van der Waals surface area contributed by atoms with Gasteiger partial charge in [0.1, 0.15) is 0 Å². The number of methoxy groups -OCH3 is 2. The van der Waals surface area contributed by atoms with Crippen LogP contribution >= 0.6 is 0 Å². The molecule has 182 valence electrons. The number of hydrogen-bond acceptors (Lipinski definition) is 6. The molecular weight excluding hydrogens is 460 g/mol. The summed E-state index contributed by atoms with van der Waals surface area (Å²) in [7, 11) is 3.06. The Morgan fingerprint density at radius 3 is 2.31 bits per heavy atom. The van der Waals surface area contributed by atoms with Gasteiger partial charge in [-0.05, 0) is 35.4 Å². The van der Waals surface area contributed by atoms with Crippen molar-refractivity contribution in [3.05, 3.63) is 106 Å². The van der Waals surface area contributed by atoms with Crippen molar-refractivity contribution in [1.29, 1.82) is 0 Å². The number of rotatable bonds is 7. The van der Waals surface area contributed by atoms with Crippen molar-refractivity contribution in [2.24, 2.45) is 0 Å². The van der Waals surface area contributed by atoms with Crippen molar-refractivity contribution in [3.8, 4) is 11.5 Å². The lowest BCUT2D eigenvalue weighted by Crippen LogP contribution is -2.42. The molecule has 0 aliphatic heterocycles. The van der Waals surface area contributed by atoms with Gasteiger partial charge in [-0.3, -0.25) is 25.2 Å². The van der Waals surface area contributed by atoms with Crippen molar-refractivity contribution in [1.82, 2.24) is 20.6 Å². The predicted molar refractivity (Wildman–Crippen MR) is 136 cm³/mol. The van der Waals surface area contributed by atoms with E-state index in [0.29, 0.717) is 27.8 Å². The Labute approximate surface area is 206 Å². The summed E-state index contributed by atoms with van der Waals surface area (Å²) in [5, 5.41) is 5.04. The molecule has 0 aliphatic rings. The van der Waals surface area contributed by atoms with Gasteiger partial charge in [0.25, 0.3) is 17.4 Å². The molecule has 0 fully saturated rings. The number of hydrazine groups is 1. The fraction of sp³-hybridized carbons (Fsp3) is 0.111. The number of benzene rings is 3. The van der Waals surface area contributed by atoms with Crippen LogP contribution in [0.25, 0.3) is 16.8 Å². The first-order valence-electron chi connectivity index (χ1n) is 11.0. The van der Waals surface area contributed by atoms with E-state index >= 15 is 0 Å². The van der Waals surface area contributed by atoms with Crippen LogP contribution in [-0.2, 0) is 11.3 Å². The van der Waals surface area contributed by atoms with Crippen LogP contribution in [0.5, 0.6) is 11.5 Å². The largest absolute Gasteiger partial charge is 0.493 e. The molecule has 1 aromatic heterocycles. The van der Waals surface area contributed by atoms with E-state index in [1.54, 1.807) is 48.5 Å². The van der Waals surface area contributed by atoms with Crippen LogP contribution in [0, 0.1) is 0 Å². The SMILES string of the molecule is COc1ccc(/C=C/C(=O)NNC(=O)c2nn(Cc3ccccc3)c(=O)c3ccccc23)cc1OC. The number of nitrogens with one attached hydrogen (secondary N) is 2. The van der Waals surface area contributed by atoms with E-state index in [4.69, 9.17) is 9.47 Å². The number of fused-ring (bicyclic) bond motifs is 1. The van der Waals surface area contributed by atoms with E-state index in [9.17, 15) is 14.4 Å². The number of carbonyl (C=O) groups is 2. The molecule has 4 rings (SSSR count). The molecule has 2 N–H and O–H groups in total. The molecule has 9 nitrogen and oxygen atoms in total. The van der Waals surface area contributed by atoms with Gasteiger partial charge in [-0.1, -0.05) is 54.6 Å². The lowest BCUT2D eigenvalue weighted by atomic mass is 10.1. The summed E-state index contributed by atoms with van der Waals surface area (Å²) < 4.78 is 11.7. The average Bonchev–Trinajstić information content (AvgIpc) is 2.92. The highest BCUT2D eigenvalue weighted by atomic mass is 16.5. The minimum Gasteiger partial charge on any atom is -0.493 e. The third-order valence-electron chi connectivity index (χ3n) is 5.39. The Hall–Kier alpha value is -4.92. The molecule has 0 saturated carbocycles. The van der Waals surface area contributed by atoms with Crippen molar-refractivity contribution in [2.45, 2.75) is 6.54 Å². The molecule has 4 aromatic rings. The maximum absolute atomic E-state index is 13.0. The van der Waals surface area contributed by atoms with E-state index in [0.717, 1.165) is 5.56 Å². The maximum atomic E-state index is 13.0. The molecule has 0 unspecified atom stereocenters. The highest BCUT2D eigenvalue weighted by molar-refractivity contribution is 6.05. The topological polar surface area (TPSA) is 112 Å². The summed E-state index contributed by atoms with van der Waals surface area (Å²) in [5.41, 5.74) is 5.98. The van der Waals surface area contributed by atoms with Gasteiger partial charge in [-0.2, -0.15) is 5.10 Å². The summed E-state index contributed by atoms with van der Waals surface area (Å²) in [6.45, 7) is 0.200. The molecule has 2 amide bonds. The number of carbonyl (C=O) groups excluding carboxylic acids is 2. The molecule has 9 heteroatoms. The van der Waals surface area contributed by atoms with Crippen molar-refractivity contribution in [3.63, 3.8) is 0 Å². The molecule has 0 spiro atoms. The Morgan fingerprint density at radius 1 is 0.889 bits per heavy atom. The second-order valence-corrected chi connectivity index (χ2v) is 7.73. The fourth-order valence-corrected chi connectivity index (χ4v) is 3.61. The van der Waals surface area contributed by atoms with Crippen molar-refractivity contribution < 1.29 is 19.1 Å². The second-order valence-electron chi connectivity index (χ2n) is 7.73. The van der Waals surface area contributed by atoms with Crippen LogP contribution in [0.1, 0.15) is 21.6 Å². The highest BCUT2D eigenvalue weighted by Crippen LogP contribution is 2.27. The third kappa shape index (κ3) is 5.41. The highest BCUT2D eigenvalue weighted by Gasteiger charge is 2.17. The van der Waals surface area contributed by atoms with Gasteiger partial charge in [0, 0.05) is 11.5 Å².